The average Bonchev–Trinajstić information content (AvgIpc) is 3.17. The first kappa shape index (κ1) is 56.0. The molecule has 1 unspecified atom stereocenters. The zero-order chi connectivity index (χ0) is 42.8. The van der Waals surface area contributed by atoms with E-state index in [-0.39, 0.29) is 26.1 Å². The van der Waals surface area contributed by atoms with E-state index in [4.69, 9.17) is 18.5 Å². The SMILES string of the molecule is CCCCC/C=C/C/C=C/C/C=C/CCCCCCC(=O)O[C@H](COC(=O)CCCCCCCCCCC/C=C/CCCCCC)COP(=O)([O-])OCC[N+](C)(C)C. The Morgan fingerprint density at radius 1 is 0.534 bits per heavy atom. The fourth-order valence-corrected chi connectivity index (χ4v) is 6.85. The number of hydrogen-bond acceptors (Lipinski definition) is 8. The molecular formula is C48H88NO8P. The molecular weight excluding hydrogens is 750 g/mol. The van der Waals surface area contributed by atoms with Gasteiger partial charge in [-0.25, -0.2) is 0 Å². The van der Waals surface area contributed by atoms with Crippen molar-refractivity contribution in [3.8, 4) is 0 Å². The summed E-state index contributed by atoms with van der Waals surface area (Å²) in [6.07, 6.45) is 47.0. The molecule has 0 bridgehead atoms. The van der Waals surface area contributed by atoms with Crippen molar-refractivity contribution in [1.29, 1.82) is 0 Å². The highest BCUT2D eigenvalue weighted by atomic mass is 31.2. The van der Waals surface area contributed by atoms with E-state index in [1.54, 1.807) is 0 Å². The highest BCUT2D eigenvalue weighted by Crippen LogP contribution is 2.38. The van der Waals surface area contributed by atoms with Crippen molar-refractivity contribution in [1.82, 2.24) is 0 Å². The van der Waals surface area contributed by atoms with Crippen LogP contribution in [0.3, 0.4) is 0 Å². The van der Waals surface area contributed by atoms with E-state index in [0.717, 1.165) is 57.8 Å². The Morgan fingerprint density at radius 3 is 1.43 bits per heavy atom. The minimum atomic E-state index is -4.63. The van der Waals surface area contributed by atoms with Crippen molar-refractivity contribution < 1.29 is 42.1 Å². The van der Waals surface area contributed by atoms with Gasteiger partial charge in [-0.15, -0.1) is 0 Å². The van der Waals surface area contributed by atoms with Gasteiger partial charge in [-0.3, -0.25) is 14.2 Å². The van der Waals surface area contributed by atoms with Crippen LogP contribution in [0.15, 0.2) is 48.6 Å². The predicted molar refractivity (Wildman–Crippen MR) is 240 cm³/mol. The van der Waals surface area contributed by atoms with Crippen molar-refractivity contribution in [2.24, 2.45) is 0 Å². The number of ether oxygens (including phenoxy) is 2. The van der Waals surface area contributed by atoms with E-state index in [1.807, 2.05) is 21.1 Å². The van der Waals surface area contributed by atoms with Crippen LogP contribution in [0.4, 0.5) is 0 Å². The number of quaternary nitrogens is 1. The summed E-state index contributed by atoms with van der Waals surface area (Å²) in [6.45, 7) is 4.16. The topological polar surface area (TPSA) is 111 Å². The van der Waals surface area contributed by atoms with Gasteiger partial charge in [-0.1, -0.05) is 152 Å². The Balaban J connectivity index is 4.37. The molecule has 0 aromatic heterocycles. The van der Waals surface area contributed by atoms with Crippen LogP contribution in [0.5, 0.6) is 0 Å². The van der Waals surface area contributed by atoms with Crippen LogP contribution in [-0.2, 0) is 32.7 Å². The third-order valence-corrected chi connectivity index (χ3v) is 10.8. The van der Waals surface area contributed by atoms with Gasteiger partial charge in [-0.2, -0.15) is 0 Å². The summed E-state index contributed by atoms with van der Waals surface area (Å²) in [6, 6.07) is 0. The molecule has 338 valence electrons. The van der Waals surface area contributed by atoms with Gasteiger partial charge in [0.25, 0.3) is 7.82 Å². The molecule has 0 aliphatic heterocycles. The number of allylic oxidation sites excluding steroid dienone is 8. The molecule has 0 aromatic rings. The molecule has 0 saturated carbocycles. The van der Waals surface area contributed by atoms with E-state index >= 15 is 0 Å². The lowest BCUT2D eigenvalue weighted by molar-refractivity contribution is -0.870. The van der Waals surface area contributed by atoms with E-state index in [2.05, 4.69) is 62.5 Å². The number of phosphoric ester groups is 1. The van der Waals surface area contributed by atoms with Crippen molar-refractivity contribution >= 4 is 19.8 Å². The number of carbonyl (C=O) groups excluding carboxylic acids is 2. The standard InChI is InChI=1S/C48H88NO8P/c1-6-8-10-12-14-16-18-20-22-24-26-28-30-32-34-36-38-40-47(50)54-44-46(45-56-58(52,53)55-43-42-49(3,4)5)57-48(51)41-39-37-35-33-31-29-27-25-23-21-19-17-15-13-11-9-7-2/h15-18,21,23,27,29,46H,6-14,19-20,22,24-26,28,30-45H2,1-5H3/b17-15+,18-16+,23-21+,29-27+/t46-/m1/s1. The lowest BCUT2D eigenvalue weighted by Gasteiger charge is -2.28. The lowest BCUT2D eigenvalue weighted by Crippen LogP contribution is -2.37. The Morgan fingerprint density at radius 2 is 0.931 bits per heavy atom. The van der Waals surface area contributed by atoms with Crippen molar-refractivity contribution in [3.05, 3.63) is 48.6 Å². The molecule has 0 spiro atoms. The van der Waals surface area contributed by atoms with Gasteiger partial charge in [-0.05, 0) is 77.0 Å². The molecule has 0 amide bonds. The highest BCUT2D eigenvalue weighted by Gasteiger charge is 2.21. The first-order valence-corrected chi connectivity index (χ1v) is 24.8. The third kappa shape index (κ3) is 43.5. The minimum Gasteiger partial charge on any atom is -0.756 e. The fraction of sp³-hybridized carbons (Fsp3) is 0.792. The molecule has 0 aliphatic rings. The lowest BCUT2D eigenvalue weighted by atomic mass is 10.1. The number of nitrogens with zero attached hydrogens (tertiary/aromatic N) is 1. The number of rotatable bonds is 42. The maximum Gasteiger partial charge on any atom is 0.306 e. The first-order valence-electron chi connectivity index (χ1n) is 23.3. The molecule has 10 heteroatoms. The second kappa shape index (κ2) is 40.4. The van der Waals surface area contributed by atoms with Crippen LogP contribution in [0.25, 0.3) is 0 Å². The number of esters is 2. The molecule has 0 saturated heterocycles. The molecule has 0 aliphatic carbocycles. The molecule has 0 aromatic carbocycles. The number of unbranched alkanes of at least 4 members (excludes halogenated alkanes) is 20. The summed E-state index contributed by atoms with van der Waals surface area (Å²) >= 11 is 0. The second-order valence-electron chi connectivity index (χ2n) is 16.8. The van der Waals surface area contributed by atoms with Gasteiger partial charge < -0.3 is 27.9 Å². The van der Waals surface area contributed by atoms with Crippen molar-refractivity contribution in [3.63, 3.8) is 0 Å². The normalized spacial score (nSPS) is 14.0. The number of carbonyl (C=O) groups is 2. The van der Waals surface area contributed by atoms with Gasteiger partial charge in [0.1, 0.15) is 19.8 Å². The van der Waals surface area contributed by atoms with Crippen LogP contribution >= 0.6 is 7.82 Å². The quantitative estimate of drug-likeness (QED) is 0.0196. The van der Waals surface area contributed by atoms with Gasteiger partial charge in [0.15, 0.2) is 6.10 Å². The predicted octanol–water partition coefficient (Wildman–Crippen LogP) is 12.8. The largest absolute Gasteiger partial charge is 0.756 e. The monoisotopic (exact) mass is 838 g/mol. The summed E-state index contributed by atoms with van der Waals surface area (Å²) in [5.74, 6) is -0.861. The molecule has 0 N–H and O–H groups in total. The van der Waals surface area contributed by atoms with Crippen LogP contribution in [-0.4, -0.2) is 70.0 Å². The summed E-state index contributed by atoms with van der Waals surface area (Å²) in [4.78, 5) is 37.6. The Labute approximate surface area is 356 Å². The minimum absolute atomic E-state index is 0.0369. The third-order valence-electron chi connectivity index (χ3n) is 9.82. The molecule has 0 radical (unpaired) electrons. The molecule has 0 heterocycles. The van der Waals surface area contributed by atoms with Gasteiger partial charge in [0, 0.05) is 12.8 Å². The van der Waals surface area contributed by atoms with Gasteiger partial charge >= 0.3 is 11.9 Å². The molecule has 58 heavy (non-hydrogen) atoms. The molecule has 0 fully saturated rings. The molecule has 0 rings (SSSR count). The summed E-state index contributed by atoms with van der Waals surface area (Å²) < 4.78 is 33.9. The Hall–Kier alpha value is -2.03. The van der Waals surface area contributed by atoms with E-state index in [9.17, 15) is 19.0 Å². The average molecular weight is 838 g/mol. The van der Waals surface area contributed by atoms with E-state index < -0.39 is 32.5 Å². The van der Waals surface area contributed by atoms with Crippen LogP contribution < -0.4 is 4.89 Å². The van der Waals surface area contributed by atoms with Gasteiger partial charge in [0.05, 0.1) is 27.7 Å². The maximum absolute atomic E-state index is 12.7. The molecule has 2 atom stereocenters. The van der Waals surface area contributed by atoms with Gasteiger partial charge in [0.2, 0.25) is 0 Å². The number of hydrogen-bond donors (Lipinski definition) is 0. The summed E-state index contributed by atoms with van der Waals surface area (Å²) in [7, 11) is 1.15. The summed E-state index contributed by atoms with van der Waals surface area (Å²) in [5.41, 5.74) is 0. The smallest absolute Gasteiger partial charge is 0.306 e. The first-order chi connectivity index (χ1) is 28.0. The fourth-order valence-electron chi connectivity index (χ4n) is 6.13. The highest BCUT2D eigenvalue weighted by molar-refractivity contribution is 7.45. The number of phosphoric acid groups is 1. The second-order valence-corrected chi connectivity index (χ2v) is 18.2. The van der Waals surface area contributed by atoms with Crippen molar-refractivity contribution in [2.75, 3.05) is 47.5 Å². The van der Waals surface area contributed by atoms with Crippen LogP contribution in [0.2, 0.25) is 0 Å². The van der Waals surface area contributed by atoms with Crippen LogP contribution in [0.1, 0.15) is 194 Å². The molecule has 9 nitrogen and oxygen atoms in total. The van der Waals surface area contributed by atoms with E-state index in [0.29, 0.717) is 17.4 Å². The van der Waals surface area contributed by atoms with Crippen LogP contribution in [0, 0.1) is 0 Å². The zero-order valence-corrected chi connectivity index (χ0v) is 38.9. The van der Waals surface area contributed by atoms with E-state index in [1.165, 1.54) is 103 Å². The summed E-state index contributed by atoms with van der Waals surface area (Å²) in [5, 5.41) is 0. The Kier molecular flexibility index (Phi) is 39.0. The Bertz CT molecular complexity index is 1130. The maximum atomic E-state index is 12.7. The van der Waals surface area contributed by atoms with Crippen molar-refractivity contribution in [2.45, 2.75) is 200 Å². The number of likely N-dealkylation sites (N-methyl/N-ethyl adjacent to an activating group) is 1. The zero-order valence-electron chi connectivity index (χ0n) is 38.0.